The summed E-state index contributed by atoms with van der Waals surface area (Å²) < 4.78 is 4.87. The van der Waals surface area contributed by atoms with Gasteiger partial charge in [-0.2, -0.15) is 0 Å². The molecule has 0 aliphatic rings. The molecule has 1 aromatic heterocycles. The van der Waals surface area contributed by atoms with Gasteiger partial charge in [-0.1, -0.05) is 18.2 Å². The molecule has 2 aromatic carbocycles. The third-order valence-electron chi connectivity index (χ3n) is 3.19. The van der Waals surface area contributed by atoms with Crippen molar-refractivity contribution in [3.63, 3.8) is 0 Å². The molecule has 0 aliphatic heterocycles. The minimum atomic E-state index is -0.475. The number of nitrogens with one attached hydrogen (secondary N) is 2. The van der Waals surface area contributed by atoms with Gasteiger partial charge < -0.3 is 10.1 Å². The quantitative estimate of drug-likeness (QED) is 0.763. The van der Waals surface area contributed by atoms with Crippen molar-refractivity contribution in [1.82, 2.24) is 9.97 Å². The van der Waals surface area contributed by atoms with Crippen LogP contribution in [0.2, 0.25) is 0 Å². The maximum atomic E-state index is 11.5. The lowest BCUT2D eigenvalue weighted by molar-refractivity contribution is 0.168. The number of fused-ring (bicyclic) bond motifs is 1. The first-order valence-corrected chi connectivity index (χ1v) is 7.27. The smallest absolute Gasteiger partial charge is 0.411 e. The molecule has 6 nitrogen and oxygen atoms in total. The van der Waals surface area contributed by atoms with Crippen LogP contribution >= 0.6 is 0 Å². The molecule has 0 aliphatic carbocycles. The Kier molecular flexibility index (Phi) is 4.33. The van der Waals surface area contributed by atoms with Crippen LogP contribution in [-0.2, 0) is 4.74 Å². The molecule has 0 saturated carbocycles. The Morgan fingerprint density at radius 1 is 1.09 bits per heavy atom. The summed E-state index contributed by atoms with van der Waals surface area (Å²) in [6.07, 6.45) is 1.04. The molecule has 1 heterocycles. The summed E-state index contributed by atoms with van der Waals surface area (Å²) in [5, 5.41) is 6.85. The first-order valence-electron chi connectivity index (χ1n) is 7.27. The lowest BCUT2D eigenvalue weighted by Gasteiger charge is -2.10. The Hall–Kier alpha value is -3.15. The summed E-state index contributed by atoms with van der Waals surface area (Å²) in [6.45, 7) is 2.09. The van der Waals surface area contributed by atoms with E-state index in [1.54, 1.807) is 13.0 Å². The first-order chi connectivity index (χ1) is 11.3. The minimum Gasteiger partial charge on any atom is -0.450 e. The fourth-order valence-electron chi connectivity index (χ4n) is 2.20. The molecular weight excluding hydrogens is 292 g/mol. The van der Waals surface area contributed by atoms with Gasteiger partial charge in [0.1, 0.15) is 12.1 Å². The fraction of sp³-hybridized carbons (Fsp3) is 0.118. The summed E-state index contributed by atoms with van der Waals surface area (Å²) in [5.74, 6) is 0.712. The Bertz CT molecular complexity index is 830. The third kappa shape index (κ3) is 3.55. The van der Waals surface area contributed by atoms with Gasteiger partial charge in [0.15, 0.2) is 0 Å². The summed E-state index contributed by atoms with van der Waals surface area (Å²) >= 11 is 0. The van der Waals surface area contributed by atoms with Gasteiger partial charge in [0.05, 0.1) is 12.1 Å². The number of benzene rings is 2. The zero-order valence-electron chi connectivity index (χ0n) is 12.6. The van der Waals surface area contributed by atoms with Crippen molar-refractivity contribution in [1.29, 1.82) is 0 Å². The zero-order valence-corrected chi connectivity index (χ0v) is 12.6. The lowest BCUT2D eigenvalue weighted by Crippen LogP contribution is -2.13. The highest BCUT2D eigenvalue weighted by Crippen LogP contribution is 2.24. The maximum absolute atomic E-state index is 11.5. The number of hydrogen-bond donors (Lipinski definition) is 2. The van der Waals surface area contributed by atoms with Crippen molar-refractivity contribution in [3.8, 4) is 0 Å². The number of para-hydroxylation sites is 1. The van der Waals surface area contributed by atoms with Gasteiger partial charge in [0.25, 0.3) is 0 Å². The largest absolute Gasteiger partial charge is 0.450 e. The number of carbonyl (C=O) groups is 1. The van der Waals surface area contributed by atoms with Gasteiger partial charge in [0, 0.05) is 16.8 Å². The summed E-state index contributed by atoms with van der Waals surface area (Å²) in [7, 11) is 0. The Morgan fingerprint density at radius 3 is 2.78 bits per heavy atom. The van der Waals surface area contributed by atoms with E-state index in [4.69, 9.17) is 4.74 Å². The number of hydrogen-bond acceptors (Lipinski definition) is 5. The maximum Gasteiger partial charge on any atom is 0.411 e. The molecule has 2 N–H and O–H groups in total. The predicted octanol–water partition coefficient (Wildman–Crippen LogP) is 3.94. The number of aromatic nitrogens is 2. The first kappa shape index (κ1) is 14.8. The van der Waals surface area contributed by atoms with E-state index in [1.807, 2.05) is 42.5 Å². The van der Waals surface area contributed by atoms with E-state index in [9.17, 15) is 4.79 Å². The number of anilines is 3. The molecule has 0 atom stereocenters. The molecule has 0 bridgehead atoms. The molecule has 0 radical (unpaired) electrons. The molecule has 0 fully saturated rings. The van der Waals surface area contributed by atoms with E-state index in [-0.39, 0.29) is 0 Å². The molecule has 116 valence electrons. The third-order valence-corrected chi connectivity index (χ3v) is 3.19. The highest BCUT2D eigenvalue weighted by molar-refractivity contribution is 5.91. The molecule has 3 rings (SSSR count). The van der Waals surface area contributed by atoms with Crippen molar-refractivity contribution in [2.24, 2.45) is 0 Å². The van der Waals surface area contributed by atoms with Gasteiger partial charge >= 0.3 is 6.09 Å². The van der Waals surface area contributed by atoms with Crippen LogP contribution in [0.4, 0.5) is 22.0 Å². The SMILES string of the molecule is CCOC(=O)Nc1cccc(Nc2ncnc3ccccc23)c1. The highest BCUT2D eigenvalue weighted by Gasteiger charge is 2.05. The van der Waals surface area contributed by atoms with Gasteiger partial charge in [-0.3, -0.25) is 5.32 Å². The molecule has 1 amide bonds. The van der Waals surface area contributed by atoms with E-state index in [2.05, 4.69) is 20.6 Å². The van der Waals surface area contributed by atoms with Gasteiger partial charge in [-0.25, -0.2) is 14.8 Å². The number of ether oxygens (including phenoxy) is 1. The van der Waals surface area contributed by atoms with Crippen LogP contribution in [0.15, 0.2) is 54.9 Å². The van der Waals surface area contributed by atoms with Crippen LogP contribution in [0.1, 0.15) is 6.92 Å². The fourth-order valence-corrected chi connectivity index (χ4v) is 2.20. The van der Waals surface area contributed by atoms with E-state index < -0.39 is 6.09 Å². The summed E-state index contributed by atoms with van der Waals surface area (Å²) in [4.78, 5) is 20.0. The standard InChI is InChI=1S/C17H16N4O2/c1-2-23-17(22)21-13-7-5-6-12(10-13)20-16-14-8-3-4-9-15(14)18-11-19-16/h3-11H,2H2,1H3,(H,21,22)(H,18,19,20). The van der Waals surface area contributed by atoms with E-state index >= 15 is 0 Å². The van der Waals surface area contributed by atoms with Gasteiger partial charge in [-0.05, 0) is 37.3 Å². The average Bonchev–Trinajstić information content (AvgIpc) is 2.56. The van der Waals surface area contributed by atoms with Crippen molar-refractivity contribution >= 4 is 34.2 Å². The van der Waals surface area contributed by atoms with E-state index in [0.717, 1.165) is 16.6 Å². The van der Waals surface area contributed by atoms with Crippen molar-refractivity contribution in [2.75, 3.05) is 17.2 Å². The van der Waals surface area contributed by atoms with Crippen molar-refractivity contribution < 1.29 is 9.53 Å². The summed E-state index contributed by atoms with van der Waals surface area (Å²) in [6, 6.07) is 15.1. The predicted molar refractivity (Wildman–Crippen MR) is 89.9 cm³/mol. The molecule has 0 spiro atoms. The number of amides is 1. The van der Waals surface area contributed by atoms with Crippen molar-refractivity contribution in [3.05, 3.63) is 54.9 Å². The van der Waals surface area contributed by atoms with E-state index in [1.165, 1.54) is 6.33 Å². The normalized spacial score (nSPS) is 10.3. The van der Waals surface area contributed by atoms with Crippen LogP contribution in [0, 0.1) is 0 Å². The monoisotopic (exact) mass is 308 g/mol. The highest BCUT2D eigenvalue weighted by atomic mass is 16.5. The minimum absolute atomic E-state index is 0.330. The second kappa shape index (κ2) is 6.74. The Morgan fingerprint density at radius 2 is 1.91 bits per heavy atom. The van der Waals surface area contributed by atoms with Crippen molar-refractivity contribution in [2.45, 2.75) is 6.92 Å². The Balaban J connectivity index is 1.83. The average molecular weight is 308 g/mol. The van der Waals surface area contributed by atoms with E-state index in [0.29, 0.717) is 18.1 Å². The van der Waals surface area contributed by atoms with Crippen LogP contribution < -0.4 is 10.6 Å². The van der Waals surface area contributed by atoms with Crippen LogP contribution in [0.3, 0.4) is 0 Å². The van der Waals surface area contributed by atoms with Crippen LogP contribution in [-0.4, -0.2) is 22.7 Å². The lowest BCUT2D eigenvalue weighted by atomic mass is 10.2. The molecule has 6 heteroatoms. The number of nitrogens with zero attached hydrogens (tertiary/aromatic N) is 2. The van der Waals surface area contributed by atoms with Gasteiger partial charge in [0.2, 0.25) is 0 Å². The molecule has 23 heavy (non-hydrogen) atoms. The molecular formula is C17H16N4O2. The Labute approximate surface area is 133 Å². The van der Waals surface area contributed by atoms with Crippen LogP contribution in [0.25, 0.3) is 10.9 Å². The second-order valence-electron chi connectivity index (χ2n) is 4.79. The zero-order chi connectivity index (χ0) is 16.1. The number of rotatable bonds is 4. The summed E-state index contributed by atoms with van der Waals surface area (Å²) in [5.41, 5.74) is 2.32. The molecule has 0 saturated heterocycles. The molecule has 0 unspecified atom stereocenters. The molecule has 3 aromatic rings. The number of carbonyl (C=O) groups excluding carboxylic acids is 1. The van der Waals surface area contributed by atoms with Gasteiger partial charge in [-0.15, -0.1) is 0 Å². The topological polar surface area (TPSA) is 76.1 Å². The second-order valence-corrected chi connectivity index (χ2v) is 4.79. The van der Waals surface area contributed by atoms with Crippen LogP contribution in [0.5, 0.6) is 0 Å².